The minimum atomic E-state index is -0.827. The van der Waals surface area contributed by atoms with Crippen molar-refractivity contribution in [1.82, 2.24) is 15.1 Å². The molecular formula is C25H23B2N3O6. The van der Waals surface area contributed by atoms with Crippen LogP contribution < -0.4 is 10.1 Å². The Morgan fingerprint density at radius 3 is 2.50 bits per heavy atom. The lowest BCUT2D eigenvalue weighted by Crippen LogP contribution is -2.52. The Morgan fingerprint density at radius 2 is 1.78 bits per heavy atom. The molecule has 2 aromatic rings. The molecule has 0 saturated carbocycles. The van der Waals surface area contributed by atoms with Gasteiger partial charge in [0.1, 0.15) is 34.1 Å². The Hall–Kier alpha value is -3.59. The average molecular weight is 483 g/mol. The van der Waals surface area contributed by atoms with E-state index in [-0.39, 0.29) is 43.7 Å². The van der Waals surface area contributed by atoms with Gasteiger partial charge in [0.2, 0.25) is 17.7 Å². The highest BCUT2D eigenvalue weighted by Gasteiger charge is 2.40. The van der Waals surface area contributed by atoms with Crippen LogP contribution in [0, 0.1) is 0 Å². The van der Waals surface area contributed by atoms with E-state index in [0.717, 1.165) is 5.56 Å². The number of imide groups is 1. The number of rotatable bonds is 6. The number of hydrogen-bond acceptors (Lipinski definition) is 6. The number of benzene rings is 2. The summed E-state index contributed by atoms with van der Waals surface area (Å²) in [4.78, 5) is 51.9. The lowest BCUT2D eigenvalue weighted by Gasteiger charge is -2.33. The predicted molar refractivity (Wildman–Crippen MR) is 129 cm³/mol. The molecule has 2 saturated heterocycles. The standard InChI is InChI=1S/C25H23B2N3O6/c26-22(29-10-11-35-13-21(29)32)14-4-6-15(7-5-14)23(27)36-19-3-1-2-16-17(19)12-30(25(16)34)18-8-9-20(31)28-24(18)33/h1-7,18,22-23H,8-13H2,(H,28,31,33). The lowest BCUT2D eigenvalue weighted by atomic mass is 9.84. The van der Waals surface area contributed by atoms with E-state index in [0.29, 0.717) is 35.6 Å². The molecule has 11 heteroatoms. The highest BCUT2D eigenvalue weighted by atomic mass is 16.5. The van der Waals surface area contributed by atoms with Crippen LogP contribution in [-0.4, -0.2) is 74.9 Å². The Kier molecular flexibility index (Phi) is 6.57. The first-order chi connectivity index (χ1) is 17.3. The Labute approximate surface area is 210 Å². The van der Waals surface area contributed by atoms with Crippen molar-refractivity contribution in [1.29, 1.82) is 0 Å². The van der Waals surface area contributed by atoms with Gasteiger partial charge in [-0.05, 0) is 29.7 Å². The van der Waals surface area contributed by atoms with Crippen LogP contribution in [0.2, 0.25) is 0 Å². The van der Waals surface area contributed by atoms with E-state index in [1.165, 1.54) is 4.90 Å². The number of fused-ring (bicyclic) bond motifs is 1. The average Bonchev–Trinajstić information content (AvgIpc) is 3.21. The van der Waals surface area contributed by atoms with Crippen LogP contribution >= 0.6 is 0 Å². The van der Waals surface area contributed by atoms with Crippen molar-refractivity contribution < 1.29 is 28.7 Å². The van der Waals surface area contributed by atoms with E-state index in [9.17, 15) is 19.2 Å². The molecule has 3 heterocycles. The zero-order valence-electron chi connectivity index (χ0n) is 19.5. The largest absolute Gasteiger partial charge is 0.496 e. The van der Waals surface area contributed by atoms with Gasteiger partial charge in [0, 0.05) is 30.0 Å². The molecule has 0 bridgehead atoms. The Balaban J connectivity index is 1.29. The second-order valence-corrected chi connectivity index (χ2v) is 8.97. The number of amides is 4. The molecule has 9 nitrogen and oxygen atoms in total. The molecule has 0 spiro atoms. The second kappa shape index (κ2) is 9.81. The first-order valence-corrected chi connectivity index (χ1v) is 11.7. The molecule has 0 aliphatic carbocycles. The summed E-state index contributed by atoms with van der Waals surface area (Å²) >= 11 is 0. The maximum Gasteiger partial charge on any atom is 0.255 e. The fourth-order valence-corrected chi connectivity index (χ4v) is 4.76. The number of hydrogen-bond donors (Lipinski definition) is 1. The summed E-state index contributed by atoms with van der Waals surface area (Å²) in [5.74, 6) is -1.38. The third-order valence-corrected chi connectivity index (χ3v) is 6.76. The van der Waals surface area contributed by atoms with Crippen molar-refractivity contribution in [2.24, 2.45) is 0 Å². The van der Waals surface area contributed by atoms with Gasteiger partial charge in [0.25, 0.3) is 5.91 Å². The summed E-state index contributed by atoms with van der Waals surface area (Å²) in [6.45, 7) is 1.08. The van der Waals surface area contributed by atoms with Crippen LogP contribution in [0.3, 0.4) is 0 Å². The third-order valence-electron chi connectivity index (χ3n) is 6.76. The number of nitrogens with one attached hydrogen (secondary N) is 1. The first-order valence-electron chi connectivity index (χ1n) is 11.7. The number of carbonyl (C=O) groups excluding carboxylic acids is 4. The summed E-state index contributed by atoms with van der Waals surface area (Å²) in [5, 5.41) is 2.30. The van der Waals surface area contributed by atoms with Crippen molar-refractivity contribution in [3.63, 3.8) is 0 Å². The summed E-state index contributed by atoms with van der Waals surface area (Å²) in [5.41, 5.74) is 2.53. The third kappa shape index (κ3) is 4.51. The predicted octanol–water partition coefficient (Wildman–Crippen LogP) is 0.720. The van der Waals surface area contributed by atoms with Gasteiger partial charge < -0.3 is 19.3 Å². The molecule has 3 aliphatic rings. The minimum Gasteiger partial charge on any atom is -0.496 e. The SMILES string of the molecule is [B]C(Oc1cccc2c1CN(C1CCC(=O)NC1=O)C2=O)c1ccc(C([B])N2CCOCC2=O)cc1. The fraction of sp³-hybridized carbons (Fsp3) is 0.360. The van der Waals surface area contributed by atoms with E-state index < -0.39 is 23.9 Å². The molecule has 2 fully saturated rings. The molecule has 4 radical (unpaired) electrons. The molecular weight excluding hydrogens is 460 g/mol. The molecule has 36 heavy (non-hydrogen) atoms. The van der Waals surface area contributed by atoms with Crippen molar-refractivity contribution in [3.8, 4) is 5.75 Å². The minimum absolute atomic E-state index is 0.0232. The van der Waals surface area contributed by atoms with E-state index >= 15 is 0 Å². The normalized spacial score (nSPS) is 21.7. The molecule has 180 valence electrons. The molecule has 2 aromatic carbocycles. The monoisotopic (exact) mass is 483 g/mol. The maximum atomic E-state index is 13.0. The van der Waals surface area contributed by atoms with Gasteiger partial charge in [-0.3, -0.25) is 24.5 Å². The quantitative estimate of drug-likeness (QED) is 0.480. The highest BCUT2D eigenvalue weighted by Crippen LogP contribution is 2.35. The van der Waals surface area contributed by atoms with Crippen LogP contribution in [0.15, 0.2) is 42.5 Å². The van der Waals surface area contributed by atoms with E-state index in [2.05, 4.69) is 5.32 Å². The van der Waals surface area contributed by atoms with E-state index in [1.54, 1.807) is 47.4 Å². The van der Waals surface area contributed by atoms with Crippen molar-refractivity contribution in [2.75, 3.05) is 19.8 Å². The zero-order chi connectivity index (χ0) is 25.4. The van der Waals surface area contributed by atoms with E-state index in [4.69, 9.17) is 25.2 Å². The number of nitrogens with zero attached hydrogens (tertiary/aromatic N) is 2. The second-order valence-electron chi connectivity index (χ2n) is 8.97. The van der Waals surface area contributed by atoms with Crippen molar-refractivity contribution in [2.45, 2.75) is 37.4 Å². The lowest BCUT2D eigenvalue weighted by molar-refractivity contribution is -0.143. The zero-order valence-corrected chi connectivity index (χ0v) is 19.5. The first kappa shape index (κ1) is 24.1. The molecule has 3 unspecified atom stereocenters. The molecule has 5 rings (SSSR count). The van der Waals surface area contributed by atoms with Gasteiger partial charge in [-0.15, -0.1) is 0 Å². The summed E-state index contributed by atoms with van der Waals surface area (Å²) in [7, 11) is 12.6. The number of morpholine rings is 1. The van der Waals surface area contributed by atoms with Crippen molar-refractivity contribution in [3.05, 3.63) is 64.7 Å². The van der Waals surface area contributed by atoms with Crippen LogP contribution in [0.25, 0.3) is 0 Å². The highest BCUT2D eigenvalue weighted by molar-refractivity contribution is 6.13. The Morgan fingerprint density at radius 1 is 1.03 bits per heavy atom. The van der Waals surface area contributed by atoms with Crippen LogP contribution in [0.4, 0.5) is 0 Å². The van der Waals surface area contributed by atoms with Gasteiger partial charge in [0.15, 0.2) is 0 Å². The maximum absolute atomic E-state index is 13.0. The molecule has 4 amide bonds. The number of carbonyl (C=O) groups is 4. The molecule has 0 aromatic heterocycles. The van der Waals surface area contributed by atoms with Gasteiger partial charge >= 0.3 is 0 Å². The smallest absolute Gasteiger partial charge is 0.255 e. The number of ether oxygens (including phenoxy) is 2. The topological polar surface area (TPSA) is 105 Å². The van der Waals surface area contributed by atoms with Crippen LogP contribution in [0.5, 0.6) is 5.75 Å². The van der Waals surface area contributed by atoms with Gasteiger partial charge in [-0.1, -0.05) is 30.3 Å². The molecule has 1 N–H and O–H groups in total. The molecule has 3 atom stereocenters. The summed E-state index contributed by atoms with van der Waals surface area (Å²) in [6.07, 6.45) is 0.467. The fourth-order valence-electron chi connectivity index (χ4n) is 4.76. The van der Waals surface area contributed by atoms with Gasteiger partial charge in [0.05, 0.1) is 19.2 Å². The van der Waals surface area contributed by atoms with Gasteiger partial charge in [-0.2, -0.15) is 0 Å². The van der Waals surface area contributed by atoms with Crippen molar-refractivity contribution >= 4 is 39.3 Å². The number of piperidine rings is 1. The van der Waals surface area contributed by atoms with Gasteiger partial charge in [-0.25, -0.2) is 0 Å². The van der Waals surface area contributed by atoms with Crippen LogP contribution in [0.1, 0.15) is 51.8 Å². The van der Waals surface area contributed by atoms with Crippen LogP contribution in [-0.2, 0) is 25.7 Å². The summed E-state index contributed by atoms with van der Waals surface area (Å²) < 4.78 is 11.2. The Bertz CT molecular complexity index is 1220. The molecule has 3 aliphatic heterocycles. The summed E-state index contributed by atoms with van der Waals surface area (Å²) in [6, 6.07) is 10.8. The van der Waals surface area contributed by atoms with E-state index in [1.807, 2.05) is 0 Å².